The van der Waals surface area contributed by atoms with E-state index in [1.54, 1.807) is 0 Å². The summed E-state index contributed by atoms with van der Waals surface area (Å²) in [5, 5.41) is 5.50. The average Bonchev–Trinajstić information content (AvgIpc) is 3.83. The molecule has 0 aromatic heterocycles. The van der Waals surface area contributed by atoms with Crippen molar-refractivity contribution in [3.8, 4) is 33.4 Å². The van der Waals surface area contributed by atoms with Gasteiger partial charge in [-0.2, -0.15) is 0 Å². The molecule has 0 amide bonds. The second-order valence-electron chi connectivity index (χ2n) is 16.8. The van der Waals surface area contributed by atoms with Crippen LogP contribution in [0.1, 0.15) is 22.3 Å². The fraction of sp³-hybridized carbons (Fsp3) is 0.0164. The molecule has 1 spiro atoms. The molecule has 63 heavy (non-hydrogen) atoms. The summed E-state index contributed by atoms with van der Waals surface area (Å²) < 4.78 is 0. The first-order valence-electron chi connectivity index (χ1n) is 21.9. The number of fused-ring (bicyclic) bond motifs is 10. The Labute approximate surface area is 370 Å². The molecule has 2 aliphatic carbocycles. The van der Waals surface area contributed by atoms with Gasteiger partial charge in [-0.05, 0) is 113 Å². The molecule has 12 rings (SSSR count). The van der Waals surface area contributed by atoms with Crippen LogP contribution in [0.2, 0.25) is 0 Å². The molecule has 0 fully saturated rings. The van der Waals surface area contributed by atoms with Crippen molar-refractivity contribution in [1.82, 2.24) is 0 Å². The van der Waals surface area contributed by atoms with Crippen molar-refractivity contribution in [2.45, 2.75) is 5.41 Å². The van der Waals surface area contributed by atoms with Gasteiger partial charge in [0.25, 0.3) is 0 Å². The lowest BCUT2D eigenvalue weighted by Gasteiger charge is -2.34. The van der Waals surface area contributed by atoms with Gasteiger partial charge in [0.2, 0.25) is 0 Å². The molecule has 0 aliphatic heterocycles. The first kappa shape index (κ1) is 37.0. The molecule has 0 radical (unpaired) electrons. The minimum Gasteiger partial charge on any atom is -0.310 e. The van der Waals surface area contributed by atoms with Gasteiger partial charge in [0.05, 0.1) is 5.41 Å². The standard InChI is InChI=1S/C61H43NSi/c1-5-19-46(20-6-1)62(48-39-42-56-55-29-15-18-32-59(55)61(60(56)43-48)57-30-16-13-27-53(57)54-28-14-17-31-58(54)61)47-37-33-44(34-38-47)45-35-40-52(41-36-45)63(49-21-7-2-8-22-49,50-23-9-3-10-24-50)51-25-11-4-12-26-51/h1-43H. The quantitative estimate of drug-likeness (QED) is 0.109. The Bertz CT molecular complexity index is 3090. The van der Waals surface area contributed by atoms with Crippen molar-refractivity contribution in [2.75, 3.05) is 4.90 Å². The van der Waals surface area contributed by atoms with Crippen LogP contribution in [0.4, 0.5) is 17.1 Å². The first-order valence-corrected chi connectivity index (χ1v) is 23.9. The van der Waals surface area contributed by atoms with Crippen LogP contribution in [0.3, 0.4) is 0 Å². The van der Waals surface area contributed by atoms with Crippen molar-refractivity contribution in [3.63, 3.8) is 0 Å². The maximum atomic E-state index is 2.47. The van der Waals surface area contributed by atoms with Crippen LogP contribution in [-0.4, -0.2) is 8.07 Å². The monoisotopic (exact) mass is 817 g/mol. The van der Waals surface area contributed by atoms with Crippen LogP contribution in [0.15, 0.2) is 261 Å². The molecule has 10 aromatic rings. The molecule has 0 unspecified atom stereocenters. The van der Waals surface area contributed by atoms with E-state index >= 15 is 0 Å². The summed E-state index contributed by atoms with van der Waals surface area (Å²) in [4.78, 5) is 2.41. The Kier molecular flexibility index (Phi) is 8.81. The third-order valence-electron chi connectivity index (χ3n) is 13.7. The van der Waals surface area contributed by atoms with Gasteiger partial charge in [0.1, 0.15) is 0 Å². The zero-order chi connectivity index (χ0) is 41.8. The number of nitrogens with zero attached hydrogens (tertiary/aromatic N) is 1. The smallest absolute Gasteiger partial charge is 0.179 e. The minimum absolute atomic E-state index is 0.407. The molecule has 0 heterocycles. The van der Waals surface area contributed by atoms with E-state index in [-0.39, 0.29) is 0 Å². The van der Waals surface area contributed by atoms with Gasteiger partial charge in [0, 0.05) is 17.1 Å². The zero-order valence-corrected chi connectivity index (χ0v) is 35.8. The highest BCUT2D eigenvalue weighted by Gasteiger charge is 2.51. The highest BCUT2D eigenvalue weighted by Crippen LogP contribution is 2.63. The van der Waals surface area contributed by atoms with Crippen molar-refractivity contribution in [2.24, 2.45) is 0 Å². The summed E-state index contributed by atoms with van der Waals surface area (Å²) >= 11 is 0. The van der Waals surface area contributed by atoms with Gasteiger partial charge in [-0.3, -0.25) is 0 Å². The van der Waals surface area contributed by atoms with Crippen molar-refractivity contribution >= 4 is 45.9 Å². The number of anilines is 3. The highest BCUT2D eigenvalue weighted by atomic mass is 28.3. The van der Waals surface area contributed by atoms with E-state index in [0.717, 1.165) is 17.1 Å². The van der Waals surface area contributed by atoms with Gasteiger partial charge in [-0.1, -0.05) is 224 Å². The fourth-order valence-electron chi connectivity index (χ4n) is 11.0. The van der Waals surface area contributed by atoms with Gasteiger partial charge in [-0.25, -0.2) is 0 Å². The third-order valence-corrected chi connectivity index (χ3v) is 18.4. The Morgan fingerprint density at radius 1 is 0.254 bits per heavy atom. The predicted octanol–water partition coefficient (Wildman–Crippen LogP) is 12.5. The van der Waals surface area contributed by atoms with E-state index in [2.05, 4.69) is 266 Å². The van der Waals surface area contributed by atoms with Crippen LogP contribution < -0.4 is 25.6 Å². The van der Waals surface area contributed by atoms with Crippen LogP contribution in [0, 0.1) is 0 Å². The lowest BCUT2D eigenvalue weighted by atomic mass is 9.70. The van der Waals surface area contributed by atoms with Crippen LogP contribution in [0.25, 0.3) is 33.4 Å². The second kappa shape index (κ2) is 15.0. The summed E-state index contributed by atoms with van der Waals surface area (Å²) in [6, 6.07) is 97.0. The molecule has 0 N–H and O–H groups in total. The molecule has 2 heteroatoms. The molecule has 2 aliphatic rings. The lowest BCUT2D eigenvalue weighted by Crippen LogP contribution is -2.74. The normalized spacial score (nSPS) is 12.9. The summed E-state index contributed by atoms with van der Waals surface area (Å²) in [5.41, 5.74) is 16.0. The van der Waals surface area contributed by atoms with Crippen molar-refractivity contribution in [1.29, 1.82) is 0 Å². The summed E-state index contributed by atoms with van der Waals surface area (Å²) in [5.74, 6) is 0. The van der Waals surface area contributed by atoms with Gasteiger partial charge < -0.3 is 4.90 Å². The number of rotatable bonds is 8. The Balaban J connectivity index is 0.963. The molecule has 10 aromatic carbocycles. The van der Waals surface area contributed by atoms with Crippen molar-refractivity contribution < 1.29 is 0 Å². The average molecular weight is 818 g/mol. The van der Waals surface area contributed by atoms with Crippen LogP contribution >= 0.6 is 0 Å². The number of hydrogen-bond acceptors (Lipinski definition) is 1. The predicted molar refractivity (Wildman–Crippen MR) is 266 cm³/mol. The van der Waals surface area contributed by atoms with E-state index in [0.29, 0.717) is 0 Å². The largest absolute Gasteiger partial charge is 0.310 e. The third kappa shape index (κ3) is 5.62. The molecule has 0 saturated heterocycles. The molecule has 0 bridgehead atoms. The number of benzene rings is 10. The minimum atomic E-state index is -2.61. The van der Waals surface area contributed by atoms with Crippen LogP contribution in [-0.2, 0) is 5.41 Å². The van der Waals surface area contributed by atoms with Crippen molar-refractivity contribution in [3.05, 3.63) is 283 Å². The van der Waals surface area contributed by atoms with E-state index in [4.69, 9.17) is 0 Å². The van der Waals surface area contributed by atoms with Crippen LogP contribution in [0.5, 0.6) is 0 Å². The Morgan fingerprint density at radius 3 is 1.05 bits per heavy atom. The summed E-state index contributed by atoms with van der Waals surface area (Å²) in [7, 11) is -2.61. The highest BCUT2D eigenvalue weighted by molar-refractivity contribution is 7.19. The first-order chi connectivity index (χ1) is 31.3. The molecular weight excluding hydrogens is 775 g/mol. The van der Waals surface area contributed by atoms with E-state index in [1.165, 1.54) is 76.4 Å². The second-order valence-corrected chi connectivity index (χ2v) is 20.6. The molecule has 1 nitrogen and oxygen atoms in total. The van der Waals surface area contributed by atoms with E-state index in [9.17, 15) is 0 Å². The van der Waals surface area contributed by atoms with Gasteiger partial charge in [-0.15, -0.1) is 0 Å². The Hall–Kier alpha value is -7.78. The van der Waals surface area contributed by atoms with Gasteiger partial charge >= 0.3 is 0 Å². The molecule has 0 saturated carbocycles. The number of para-hydroxylation sites is 1. The molecular formula is C61H43NSi. The number of hydrogen-bond donors (Lipinski definition) is 0. The molecule has 296 valence electrons. The molecule has 0 atom stereocenters. The lowest BCUT2D eigenvalue weighted by molar-refractivity contribution is 0.793. The maximum Gasteiger partial charge on any atom is 0.179 e. The van der Waals surface area contributed by atoms with E-state index < -0.39 is 13.5 Å². The fourth-order valence-corrected chi connectivity index (χ4v) is 15.8. The SMILES string of the molecule is c1ccc(N(c2ccc(-c3ccc([Si](c4ccccc4)(c4ccccc4)c4ccccc4)cc3)cc2)c2ccc3c(c2)C2(c4ccccc4-c4ccccc42)c2ccccc2-3)cc1. The zero-order valence-electron chi connectivity index (χ0n) is 34.8. The summed E-state index contributed by atoms with van der Waals surface area (Å²) in [6.07, 6.45) is 0. The van der Waals surface area contributed by atoms with Gasteiger partial charge in [0.15, 0.2) is 8.07 Å². The maximum absolute atomic E-state index is 2.61. The van der Waals surface area contributed by atoms with E-state index in [1.807, 2.05) is 0 Å². The summed E-state index contributed by atoms with van der Waals surface area (Å²) in [6.45, 7) is 0. The Morgan fingerprint density at radius 2 is 0.587 bits per heavy atom. The topological polar surface area (TPSA) is 3.24 Å².